The minimum Gasteiger partial charge on any atom is -0.493 e. The molecule has 5 nitrogen and oxygen atoms in total. The average molecular weight is 326 g/mol. The van der Waals surface area contributed by atoms with E-state index < -0.39 is 84.3 Å². The number of Topliss-reactive ketones (excluding diaryl/α,β-unsaturated/α-hetero) is 1. The van der Waals surface area contributed by atoms with Crippen LogP contribution in [0.25, 0.3) is 0 Å². The van der Waals surface area contributed by atoms with Crippen LogP contribution in [0.3, 0.4) is 0 Å². The van der Waals surface area contributed by atoms with Crippen molar-refractivity contribution in [3.05, 3.63) is 23.2 Å². The van der Waals surface area contributed by atoms with Crippen molar-refractivity contribution in [1.82, 2.24) is 4.90 Å². The van der Waals surface area contributed by atoms with Crippen molar-refractivity contribution >= 4 is 5.78 Å². The van der Waals surface area contributed by atoms with Crippen LogP contribution < -0.4 is 9.47 Å². The van der Waals surface area contributed by atoms with E-state index in [2.05, 4.69) is 0 Å². The molecule has 5 rings (SSSR count). The summed E-state index contributed by atoms with van der Waals surface area (Å²) in [5, 5.41) is 5.15. The third-order valence-electron chi connectivity index (χ3n) is 5.54. The summed E-state index contributed by atoms with van der Waals surface area (Å²) in [4.78, 5) is 14.6. The molecule has 2 bridgehead atoms. The Morgan fingerprint density at radius 1 is 1.65 bits per heavy atom. The smallest absolute Gasteiger partial charge is 0.211 e. The van der Waals surface area contributed by atoms with Gasteiger partial charge in [0.05, 0.1) is 26.3 Å². The first-order valence-corrected chi connectivity index (χ1v) is 7.38. The van der Waals surface area contributed by atoms with E-state index in [0.717, 1.165) is 0 Å². The highest BCUT2D eigenvalue weighted by Gasteiger charge is 2.72. The van der Waals surface area contributed by atoms with E-state index in [0.29, 0.717) is 0 Å². The highest BCUT2D eigenvalue weighted by molar-refractivity contribution is 5.90. The van der Waals surface area contributed by atoms with Crippen molar-refractivity contribution in [2.75, 3.05) is 20.6 Å². The molecule has 1 spiro atoms. The molecule has 0 radical (unpaired) electrons. The zero-order valence-corrected chi connectivity index (χ0v) is 12.3. The first-order chi connectivity index (χ1) is 15.4. The number of likely N-dealkylation sites (N-methyl/N-ethyl adjacent to an activating group) is 1. The molecule has 1 unspecified atom stereocenters. The number of nitrogens with zero attached hydrogens (tertiary/aromatic N) is 1. The molecular weight excluding hydrogens is 294 g/mol. The zero-order chi connectivity index (χ0) is 25.4. The molecule has 0 aromatic heterocycles. The van der Waals surface area contributed by atoms with Gasteiger partial charge >= 0.3 is 0 Å². The van der Waals surface area contributed by atoms with E-state index in [-0.39, 0.29) is 18.5 Å². The van der Waals surface area contributed by atoms with Crippen molar-refractivity contribution in [3.8, 4) is 11.5 Å². The van der Waals surface area contributed by atoms with E-state index in [9.17, 15) is 6.17 Å². The van der Waals surface area contributed by atoms with Crippen LogP contribution in [0.15, 0.2) is 12.1 Å². The van der Waals surface area contributed by atoms with Gasteiger partial charge in [-0.15, -0.1) is 0 Å². The number of ketones is 1. The maximum Gasteiger partial charge on any atom is 0.211 e. The Morgan fingerprint density at radius 2 is 2.57 bits per heavy atom. The van der Waals surface area contributed by atoms with E-state index in [1.165, 1.54) is 11.9 Å². The lowest BCUT2D eigenvalue weighted by Crippen LogP contribution is -2.76. The van der Waals surface area contributed by atoms with Crippen molar-refractivity contribution in [2.45, 2.75) is 48.7 Å². The van der Waals surface area contributed by atoms with Crippen LogP contribution in [-0.2, 0) is 16.6 Å². The largest absolute Gasteiger partial charge is 0.493 e. The van der Waals surface area contributed by atoms with Crippen LogP contribution in [-0.4, -0.2) is 55.6 Å². The quantitative estimate of drug-likeness (QED) is 0.880. The van der Waals surface area contributed by atoms with Gasteiger partial charge in [0.25, 0.3) is 0 Å². The molecule has 1 N–H and O–H groups in total. The van der Waals surface area contributed by atoms with Gasteiger partial charge in [-0.3, -0.25) is 4.79 Å². The Labute approximate surface area is 150 Å². The lowest BCUT2D eigenvalue weighted by atomic mass is 9.49. The van der Waals surface area contributed by atoms with Gasteiger partial charge in [-0.1, -0.05) is 6.04 Å². The van der Waals surface area contributed by atoms with Crippen molar-refractivity contribution < 1.29 is 33.1 Å². The summed E-state index contributed by atoms with van der Waals surface area (Å²) in [7, 11) is -1.67. The monoisotopic (exact) mass is 326 g/mol. The Balaban J connectivity index is 2.00. The third-order valence-corrected chi connectivity index (χ3v) is 5.54. The molecule has 1 aromatic rings. The Bertz CT molecular complexity index is 1140. The number of hydrogen-bond acceptors (Lipinski definition) is 5. The van der Waals surface area contributed by atoms with E-state index in [1.54, 1.807) is 0 Å². The molecular formula is C18H21NO4. The van der Waals surface area contributed by atoms with Crippen LogP contribution in [0, 0.1) is 0 Å². The van der Waals surface area contributed by atoms with Crippen LogP contribution in [0.1, 0.15) is 44.0 Å². The van der Waals surface area contributed by atoms with E-state index in [1.807, 2.05) is 0 Å². The van der Waals surface area contributed by atoms with Gasteiger partial charge in [0.2, 0.25) is 1.43 Å². The number of piperidine rings is 1. The highest BCUT2D eigenvalue weighted by atomic mass is 16.5. The molecule has 2 aliphatic carbocycles. The number of methoxy groups -OCH3 is 1. The fraction of sp³-hybridized carbons (Fsp3) is 0.611. The fourth-order valence-corrected chi connectivity index (χ4v) is 4.50. The molecule has 2 aliphatic heterocycles. The van der Waals surface area contributed by atoms with Crippen molar-refractivity contribution in [2.24, 2.45) is 0 Å². The van der Waals surface area contributed by atoms with Crippen LogP contribution in [0.2, 0.25) is 0 Å². The maximum absolute atomic E-state index is 13.3. The molecule has 1 saturated heterocycles. The summed E-state index contributed by atoms with van der Waals surface area (Å²) in [5.74, 6) is -2.19. The summed E-state index contributed by atoms with van der Waals surface area (Å²) < 4.78 is 102. The Kier molecular flexibility index (Phi) is 1.19. The minimum absolute atomic E-state index is 0.0322. The Hall–Kier alpha value is -1.59. The van der Waals surface area contributed by atoms with Crippen molar-refractivity contribution in [1.29, 1.82) is 1.43 Å². The van der Waals surface area contributed by atoms with Gasteiger partial charge in [-0.25, -0.2) is 0 Å². The maximum atomic E-state index is 13.3. The second-order valence-electron chi connectivity index (χ2n) is 6.42. The van der Waals surface area contributed by atoms with Crippen LogP contribution in [0.5, 0.6) is 11.5 Å². The molecule has 4 aliphatic rings. The molecule has 0 amide bonds. The second-order valence-corrected chi connectivity index (χ2v) is 6.42. The standard InChI is InChI=1S/C18H21NO4/c1-19-8-7-17-14-10-3-4-12(22-2)15(14)23-16(17)11(20)5-6-18(17,21)13(19)9-10/h3-4,13,16,21H,5-9H2,1-2H3/t13-,16?,17+,18-/m1/s1/i2D3,3D,4D,5D2,9D2,13D,21D. The number of aliphatic hydroxyl groups is 1. The molecule has 23 heavy (non-hydrogen) atoms. The van der Waals surface area contributed by atoms with Gasteiger partial charge in [0.1, 0.15) is 0 Å². The molecule has 1 saturated carbocycles. The van der Waals surface area contributed by atoms with Crippen LogP contribution >= 0.6 is 0 Å². The number of rotatable bonds is 2. The normalized spacial score (nSPS) is 55.6. The third kappa shape index (κ3) is 1.32. The molecule has 1 aromatic carbocycles. The lowest BCUT2D eigenvalue weighted by Gasteiger charge is -2.62. The minimum atomic E-state index is -3.08. The second kappa shape index (κ2) is 4.08. The molecule has 122 valence electrons. The number of carbonyl (C=O) groups is 1. The van der Waals surface area contributed by atoms with Gasteiger partial charge < -0.3 is 19.5 Å². The lowest BCUT2D eigenvalue weighted by molar-refractivity contribution is -0.185. The van der Waals surface area contributed by atoms with Gasteiger partial charge in [0, 0.05) is 23.4 Å². The van der Waals surface area contributed by atoms with Crippen molar-refractivity contribution in [3.63, 3.8) is 0 Å². The number of hydrogen-bond donors (Lipinski definition) is 1. The highest BCUT2D eigenvalue weighted by Crippen LogP contribution is 2.64. The van der Waals surface area contributed by atoms with Gasteiger partial charge in [-0.05, 0) is 44.4 Å². The van der Waals surface area contributed by atoms with E-state index >= 15 is 0 Å². The fourth-order valence-electron chi connectivity index (χ4n) is 4.50. The molecule has 2 fully saturated rings. The van der Waals surface area contributed by atoms with Gasteiger partial charge in [0.15, 0.2) is 23.4 Å². The van der Waals surface area contributed by atoms with Crippen LogP contribution in [0.4, 0.5) is 0 Å². The van der Waals surface area contributed by atoms with E-state index in [4.69, 9.17) is 28.4 Å². The molecule has 4 atom stereocenters. The first kappa shape index (κ1) is 6.73. The molecule has 2 heterocycles. The Morgan fingerprint density at radius 3 is 3.39 bits per heavy atom. The topological polar surface area (TPSA) is 59.0 Å². The zero-order valence-electron chi connectivity index (χ0n) is 23.3. The predicted molar refractivity (Wildman–Crippen MR) is 83.0 cm³/mol. The number of benzene rings is 1. The summed E-state index contributed by atoms with van der Waals surface area (Å²) in [6.45, 7) is 0.0363. The predicted octanol–water partition coefficient (Wildman–Crippen LogP) is 1.05. The summed E-state index contributed by atoms with van der Waals surface area (Å²) >= 11 is 0. The SMILES string of the molecule is [2H]O[C@@]12CC([2H])([2H])C(=O)C3Oc4c(OC([2H])([2H])[2H])c([2H])c([2H])c5c4[C@@]31CCN(C)[C@]2([2H])C5([2H])[2H]. The first-order valence-electron chi connectivity index (χ1n) is 12.8. The summed E-state index contributed by atoms with van der Waals surface area (Å²) in [6, 6.07) is -4.04. The number of ether oxygens (including phenoxy) is 2. The molecule has 5 heteroatoms. The summed E-state index contributed by atoms with van der Waals surface area (Å²) in [5.41, 5.74) is -4.67. The summed E-state index contributed by atoms with van der Waals surface area (Å²) in [6.07, 6.45) is -8.06. The average Bonchev–Trinajstić information content (AvgIpc) is 3.05. The van der Waals surface area contributed by atoms with Gasteiger partial charge in [-0.2, -0.15) is 0 Å². The number of likely N-dealkylation sites (tertiary alicyclic amines) is 1. The number of carbonyl (C=O) groups excluding carboxylic acids is 1.